The third kappa shape index (κ3) is 4.05. The summed E-state index contributed by atoms with van der Waals surface area (Å²) >= 11 is 12.6. The van der Waals surface area contributed by atoms with E-state index in [9.17, 15) is 9.59 Å². The van der Waals surface area contributed by atoms with Gasteiger partial charge in [0.1, 0.15) is 11.5 Å². The lowest BCUT2D eigenvalue weighted by molar-refractivity contribution is -0.113. The molecule has 2 heterocycles. The molecule has 2 aromatic carbocycles. The lowest BCUT2D eigenvalue weighted by atomic mass is 10.1. The molecule has 0 atom stereocenters. The monoisotopic (exact) mass is 439 g/mol. The zero-order chi connectivity index (χ0) is 20.5. The Morgan fingerprint density at radius 2 is 1.90 bits per heavy atom. The van der Waals surface area contributed by atoms with Crippen molar-refractivity contribution in [2.75, 3.05) is 4.90 Å². The van der Waals surface area contributed by atoms with Crippen LogP contribution in [0.3, 0.4) is 0 Å². The van der Waals surface area contributed by atoms with Crippen LogP contribution in [-0.2, 0) is 4.79 Å². The summed E-state index contributed by atoms with van der Waals surface area (Å²) < 4.78 is 6.31. The topological polar surface area (TPSA) is 50.5 Å². The number of Topliss-reactive ketones (excluding diaryl/α,β-unsaturated/α-hetero) is 1. The predicted octanol–water partition coefficient (Wildman–Crippen LogP) is 6.21. The lowest BCUT2D eigenvalue weighted by Crippen LogP contribution is -2.27. The molecule has 4 rings (SSSR count). The van der Waals surface area contributed by atoms with Crippen LogP contribution in [0.2, 0.25) is 5.02 Å². The molecule has 1 saturated heterocycles. The Morgan fingerprint density at radius 3 is 2.59 bits per heavy atom. The molecule has 7 heteroatoms. The molecule has 0 aliphatic carbocycles. The average molecular weight is 440 g/mol. The summed E-state index contributed by atoms with van der Waals surface area (Å²) in [5.41, 5.74) is 2.13. The molecular formula is C22H14ClNO3S2. The summed E-state index contributed by atoms with van der Waals surface area (Å²) in [7, 11) is 0. The van der Waals surface area contributed by atoms with E-state index in [1.807, 2.05) is 18.2 Å². The molecule has 144 valence electrons. The third-order valence-electron chi connectivity index (χ3n) is 4.34. The van der Waals surface area contributed by atoms with Crippen LogP contribution in [0, 0.1) is 0 Å². The highest BCUT2D eigenvalue weighted by atomic mass is 35.5. The number of amides is 1. The van der Waals surface area contributed by atoms with Crippen LogP contribution in [0.15, 0.2) is 70.0 Å². The largest absolute Gasteiger partial charge is 0.457 e. The lowest BCUT2D eigenvalue weighted by Gasteiger charge is -2.14. The number of thiocarbonyl (C=S) groups is 1. The van der Waals surface area contributed by atoms with Gasteiger partial charge in [0.2, 0.25) is 0 Å². The van der Waals surface area contributed by atoms with Crippen LogP contribution in [0.25, 0.3) is 17.4 Å². The molecule has 0 saturated carbocycles. The van der Waals surface area contributed by atoms with Crippen LogP contribution in [-0.4, -0.2) is 16.0 Å². The summed E-state index contributed by atoms with van der Waals surface area (Å²) in [6.07, 6.45) is 1.68. The van der Waals surface area contributed by atoms with Gasteiger partial charge in [-0.05, 0) is 37.3 Å². The van der Waals surface area contributed by atoms with E-state index in [2.05, 4.69) is 0 Å². The van der Waals surface area contributed by atoms with Gasteiger partial charge in [0.05, 0.1) is 10.6 Å². The van der Waals surface area contributed by atoms with Gasteiger partial charge in [-0.15, -0.1) is 0 Å². The van der Waals surface area contributed by atoms with E-state index in [0.717, 1.165) is 5.56 Å². The summed E-state index contributed by atoms with van der Waals surface area (Å²) in [4.78, 5) is 26.2. The highest BCUT2D eigenvalue weighted by Gasteiger charge is 2.33. The van der Waals surface area contributed by atoms with Crippen molar-refractivity contribution in [2.24, 2.45) is 0 Å². The van der Waals surface area contributed by atoms with Gasteiger partial charge in [-0.2, -0.15) is 0 Å². The molecule has 1 aromatic heterocycles. The second kappa shape index (κ2) is 7.99. The number of hydrogen-bond donors (Lipinski definition) is 0. The predicted molar refractivity (Wildman–Crippen MR) is 121 cm³/mol. The average Bonchev–Trinajstić information content (AvgIpc) is 3.26. The molecule has 1 aliphatic rings. The van der Waals surface area contributed by atoms with E-state index in [-0.39, 0.29) is 11.7 Å². The molecule has 0 radical (unpaired) electrons. The fourth-order valence-electron chi connectivity index (χ4n) is 2.89. The molecule has 4 nitrogen and oxygen atoms in total. The first-order chi connectivity index (χ1) is 13.9. The zero-order valence-electron chi connectivity index (χ0n) is 15.2. The van der Waals surface area contributed by atoms with Gasteiger partial charge in [-0.25, -0.2) is 0 Å². The number of ketones is 1. The van der Waals surface area contributed by atoms with E-state index in [0.29, 0.717) is 37.0 Å². The maximum absolute atomic E-state index is 12.8. The molecule has 0 N–H and O–H groups in total. The molecule has 0 unspecified atom stereocenters. The van der Waals surface area contributed by atoms with Crippen LogP contribution in [0.5, 0.6) is 0 Å². The summed E-state index contributed by atoms with van der Waals surface area (Å²) in [5, 5.41) is 0.534. The first-order valence-electron chi connectivity index (χ1n) is 8.67. The van der Waals surface area contributed by atoms with Crippen molar-refractivity contribution in [3.63, 3.8) is 0 Å². The summed E-state index contributed by atoms with van der Waals surface area (Å²) in [6.45, 7) is 1.53. The minimum atomic E-state index is -0.217. The Bertz CT molecular complexity index is 1160. The van der Waals surface area contributed by atoms with Crippen LogP contribution < -0.4 is 4.90 Å². The number of furan rings is 1. The Hall–Kier alpha value is -2.67. The van der Waals surface area contributed by atoms with Crippen molar-refractivity contribution >= 4 is 63.4 Å². The standard InChI is InChI=1S/C22H14ClNO3S2/c1-13(25)14-5-7-15(8-6-14)19-10-9-18(27-19)12-20-21(26)24(22(28)29-20)17-4-2-3-16(23)11-17/h2-12H,1H3/b20-12-. The summed E-state index contributed by atoms with van der Waals surface area (Å²) in [5.74, 6) is 0.989. The van der Waals surface area contributed by atoms with Crippen LogP contribution in [0.4, 0.5) is 5.69 Å². The molecule has 0 bridgehead atoms. The van der Waals surface area contributed by atoms with Gasteiger partial charge in [0, 0.05) is 22.2 Å². The van der Waals surface area contributed by atoms with Gasteiger partial charge in [0.25, 0.3) is 5.91 Å². The number of thioether (sulfide) groups is 1. The smallest absolute Gasteiger partial charge is 0.270 e. The Balaban J connectivity index is 1.58. The van der Waals surface area contributed by atoms with Gasteiger partial charge in [0.15, 0.2) is 10.1 Å². The maximum Gasteiger partial charge on any atom is 0.270 e. The summed E-state index contributed by atoms with van der Waals surface area (Å²) in [6, 6.07) is 17.8. The van der Waals surface area contributed by atoms with E-state index < -0.39 is 0 Å². The van der Waals surface area contributed by atoms with E-state index in [1.54, 1.807) is 48.5 Å². The minimum Gasteiger partial charge on any atom is -0.457 e. The van der Waals surface area contributed by atoms with Crippen molar-refractivity contribution in [2.45, 2.75) is 6.92 Å². The number of benzene rings is 2. The van der Waals surface area contributed by atoms with E-state index in [1.165, 1.54) is 23.6 Å². The fourth-order valence-corrected chi connectivity index (χ4v) is 4.35. The Morgan fingerprint density at radius 1 is 1.14 bits per heavy atom. The molecule has 29 heavy (non-hydrogen) atoms. The van der Waals surface area contributed by atoms with Crippen molar-refractivity contribution < 1.29 is 14.0 Å². The Labute approximate surface area is 182 Å². The molecular weight excluding hydrogens is 426 g/mol. The zero-order valence-corrected chi connectivity index (χ0v) is 17.6. The minimum absolute atomic E-state index is 0.0124. The molecule has 1 fully saturated rings. The van der Waals surface area contributed by atoms with Crippen molar-refractivity contribution in [1.82, 2.24) is 0 Å². The first kappa shape index (κ1) is 19.6. The van der Waals surface area contributed by atoms with Gasteiger partial charge in [-0.1, -0.05) is 65.9 Å². The third-order valence-corrected chi connectivity index (χ3v) is 5.87. The normalized spacial score (nSPS) is 15.4. The van der Waals surface area contributed by atoms with Crippen molar-refractivity contribution in [3.05, 3.63) is 81.9 Å². The Kier molecular flexibility index (Phi) is 5.41. The number of halogens is 1. The highest BCUT2D eigenvalue weighted by Crippen LogP contribution is 2.37. The second-order valence-electron chi connectivity index (χ2n) is 6.33. The number of carbonyl (C=O) groups excluding carboxylic acids is 2. The number of anilines is 1. The maximum atomic E-state index is 12.8. The number of nitrogens with zero attached hydrogens (tertiary/aromatic N) is 1. The SMILES string of the molecule is CC(=O)c1ccc(-c2ccc(/C=C3\SC(=S)N(c4cccc(Cl)c4)C3=O)o2)cc1. The highest BCUT2D eigenvalue weighted by molar-refractivity contribution is 8.27. The fraction of sp³-hybridized carbons (Fsp3) is 0.0455. The van der Waals surface area contributed by atoms with Crippen LogP contribution >= 0.6 is 35.6 Å². The van der Waals surface area contributed by atoms with Gasteiger partial charge in [-0.3, -0.25) is 14.5 Å². The number of hydrogen-bond acceptors (Lipinski definition) is 5. The van der Waals surface area contributed by atoms with Gasteiger partial charge >= 0.3 is 0 Å². The van der Waals surface area contributed by atoms with Gasteiger partial charge < -0.3 is 4.42 Å². The number of rotatable bonds is 4. The van der Waals surface area contributed by atoms with Crippen molar-refractivity contribution in [1.29, 1.82) is 0 Å². The molecule has 0 spiro atoms. The molecule has 1 aliphatic heterocycles. The van der Waals surface area contributed by atoms with Crippen molar-refractivity contribution in [3.8, 4) is 11.3 Å². The molecule has 3 aromatic rings. The van der Waals surface area contributed by atoms with E-state index in [4.69, 9.17) is 28.2 Å². The molecule has 1 amide bonds. The first-order valence-corrected chi connectivity index (χ1v) is 10.3. The number of carbonyl (C=O) groups is 2. The van der Waals surface area contributed by atoms with E-state index >= 15 is 0 Å². The second-order valence-corrected chi connectivity index (χ2v) is 8.44. The van der Waals surface area contributed by atoms with Crippen LogP contribution in [0.1, 0.15) is 23.0 Å². The quantitative estimate of drug-likeness (QED) is 0.275.